The van der Waals surface area contributed by atoms with Crippen molar-refractivity contribution in [3.05, 3.63) is 34.9 Å². The van der Waals surface area contributed by atoms with E-state index in [0.29, 0.717) is 6.54 Å². The Kier molecular flexibility index (Phi) is 8.42. The van der Waals surface area contributed by atoms with Gasteiger partial charge in [0.1, 0.15) is 0 Å². The van der Waals surface area contributed by atoms with E-state index in [1.807, 2.05) is 26.0 Å². The summed E-state index contributed by atoms with van der Waals surface area (Å²) in [6.07, 6.45) is 1.12. The van der Waals surface area contributed by atoms with Crippen molar-refractivity contribution in [2.24, 2.45) is 0 Å². The van der Waals surface area contributed by atoms with Gasteiger partial charge in [0.2, 0.25) is 0 Å². The first-order chi connectivity index (χ1) is 8.13. The second kappa shape index (κ2) is 8.95. The van der Waals surface area contributed by atoms with Gasteiger partial charge in [-0.3, -0.25) is 4.79 Å². The van der Waals surface area contributed by atoms with Crippen LogP contribution in [-0.2, 0) is 0 Å². The molecule has 0 atom stereocenters. The van der Waals surface area contributed by atoms with Crippen LogP contribution in [-0.4, -0.2) is 25.5 Å². The molecule has 0 aliphatic heterocycles. The van der Waals surface area contributed by atoms with Gasteiger partial charge in [-0.2, -0.15) is 0 Å². The van der Waals surface area contributed by atoms with Gasteiger partial charge in [0.15, 0.2) is 0 Å². The third kappa shape index (κ3) is 6.03. The molecule has 0 aromatic heterocycles. The van der Waals surface area contributed by atoms with Gasteiger partial charge in [0.25, 0.3) is 5.91 Å². The standard InChI is InChI=1S/C14H22N2O.ClH/c1-4-5-15-6-7-16-14(17)13-9-11(2)8-12(3)10-13;/h8-10,15H,4-7H2,1-3H3,(H,16,17);1H. The number of hydrogen-bond donors (Lipinski definition) is 2. The Morgan fingerprint density at radius 2 is 1.67 bits per heavy atom. The van der Waals surface area contributed by atoms with Crippen LogP contribution in [0.4, 0.5) is 0 Å². The van der Waals surface area contributed by atoms with Gasteiger partial charge in [-0.15, -0.1) is 12.4 Å². The van der Waals surface area contributed by atoms with E-state index in [1.54, 1.807) is 0 Å². The number of aryl methyl sites for hydroxylation is 2. The first kappa shape index (κ1) is 16.9. The first-order valence-electron chi connectivity index (χ1n) is 6.20. The minimum Gasteiger partial charge on any atom is -0.351 e. The molecule has 0 saturated carbocycles. The monoisotopic (exact) mass is 270 g/mol. The molecule has 1 aromatic rings. The molecule has 0 spiro atoms. The summed E-state index contributed by atoms with van der Waals surface area (Å²) in [4.78, 5) is 11.8. The molecule has 4 heteroatoms. The number of hydrogen-bond acceptors (Lipinski definition) is 2. The van der Waals surface area contributed by atoms with E-state index < -0.39 is 0 Å². The summed E-state index contributed by atoms with van der Waals surface area (Å²) in [6.45, 7) is 8.63. The maximum atomic E-state index is 11.8. The van der Waals surface area contributed by atoms with Crippen molar-refractivity contribution in [2.75, 3.05) is 19.6 Å². The highest BCUT2D eigenvalue weighted by atomic mass is 35.5. The lowest BCUT2D eigenvalue weighted by molar-refractivity contribution is 0.0954. The highest BCUT2D eigenvalue weighted by Crippen LogP contribution is 2.08. The van der Waals surface area contributed by atoms with E-state index in [0.717, 1.165) is 36.2 Å². The Bertz CT molecular complexity index is 360. The van der Waals surface area contributed by atoms with Crippen LogP contribution in [0.15, 0.2) is 18.2 Å². The maximum Gasteiger partial charge on any atom is 0.251 e. The lowest BCUT2D eigenvalue weighted by Gasteiger charge is -2.07. The Balaban J connectivity index is 0.00000289. The van der Waals surface area contributed by atoms with Crippen LogP contribution in [0.3, 0.4) is 0 Å². The van der Waals surface area contributed by atoms with E-state index in [-0.39, 0.29) is 18.3 Å². The summed E-state index contributed by atoms with van der Waals surface area (Å²) < 4.78 is 0. The van der Waals surface area contributed by atoms with Crippen molar-refractivity contribution >= 4 is 18.3 Å². The number of carbonyl (C=O) groups is 1. The number of carbonyl (C=O) groups excluding carboxylic acids is 1. The second-order valence-corrected chi connectivity index (χ2v) is 4.38. The number of nitrogens with one attached hydrogen (secondary N) is 2. The molecule has 1 amide bonds. The van der Waals surface area contributed by atoms with Crippen molar-refractivity contribution in [1.82, 2.24) is 10.6 Å². The number of amides is 1. The van der Waals surface area contributed by atoms with Gasteiger partial charge >= 0.3 is 0 Å². The number of halogens is 1. The lowest BCUT2D eigenvalue weighted by atomic mass is 10.1. The van der Waals surface area contributed by atoms with Crippen molar-refractivity contribution < 1.29 is 4.79 Å². The van der Waals surface area contributed by atoms with Crippen molar-refractivity contribution in [3.8, 4) is 0 Å². The molecule has 18 heavy (non-hydrogen) atoms. The van der Waals surface area contributed by atoms with E-state index in [4.69, 9.17) is 0 Å². The summed E-state index contributed by atoms with van der Waals surface area (Å²) in [5, 5.41) is 6.16. The van der Waals surface area contributed by atoms with E-state index in [9.17, 15) is 4.79 Å². The van der Waals surface area contributed by atoms with Crippen LogP contribution in [0.25, 0.3) is 0 Å². The smallest absolute Gasteiger partial charge is 0.251 e. The highest BCUT2D eigenvalue weighted by Gasteiger charge is 2.05. The average molecular weight is 271 g/mol. The molecule has 1 aromatic carbocycles. The summed E-state index contributed by atoms with van der Waals surface area (Å²) in [5.74, 6) is 0.00935. The summed E-state index contributed by atoms with van der Waals surface area (Å²) in [5.41, 5.74) is 3.00. The molecule has 0 saturated heterocycles. The molecule has 0 heterocycles. The molecule has 0 aliphatic carbocycles. The molecule has 0 aliphatic rings. The van der Waals surface area contributed by atoms with Crippen LogP contribution >= 0.6 is 12.4 Å². The lowest BCUT2D eigenvalue weighted by Crippen LogP contribution is -2.32. The maximum absolute atomic E-state index is 11.8. The predicted molar refractivity (Wildman–Crippen MR) is 78.7 cm³/mol. The Hall–Kier alpha value is -1.06. The van der Waals surface area contributed by atoms with Crippen LogP contribution in [0.5, 0.6) is 0 Å². The normalized spacial score (nSPS) is 9.72. The number of rotatable bonds is 6. The zero-order valence-electron chi connectivity index (χ0n) is 11.4. The van der Waals surface area contributed by atoms with Gasteiger partial charge < -0.3 is 10.6 Å². The van der Waals surface area contributed by atoms with Crippen LogP contribution in [0.2, 0.25) is 0 Å². The molecule has 3 nitrogen and oxygen atoms in total. The van der Waals surface area contributed by atoms with Gasteiger partial charge in [-0.1, -0.05) is 24.1 Å². The van der Waals surface area contributed by atoms with Crippen molar-refractivity contribution in [3.63, 3.8) is 0 Å². The van der Waals surface area contributed by atoms with Gasteiger partial charge in [-0.05, 0) is 38.9 Å². The van der Waals surface area contributed by atoms with Gasteiger partial charge in [-0.25, -0.2) is 0 Å². The quantitative estimate of drug-likeness (QED) is 0.780. The molecule has 1 rings (SSSR count). The van der Waals surface area contributed by atoms with Gasteiger partial charge in [0, 0.05) is 18.7 Å². The average Bonchev–Trinajstić information content (AvgIpc) is 2.27. The minimum atomic E-state index is 0. The zero-order valence-corrected chi connectivity index (χ0v) is 12.2. The molecular weight excluding hydrogens is 248 g/mol. The second-order valence-electron chi connectivity index (χ2n) is 4.38. The largest absolute Gasteiger partial charge is 0.351 e. The SMILES string of the molecule is CCCNCCNC(=O)c1cc(C)cc(C)c1.Cl. The fraction of sp³-hybridized carbons (Fsp3) is 0.500. The van der Waals surface area contributed by atoms with Crippen LogP contribution in [0, 0.1) is 13.8 Å². The predicted octanol–water partition coefficient (Wildman–Crippen LogP) is 2.45. The molecular formula is C14H23ClN2O. The highest BCUT2D eigenvalue weighted by molar-refractivity contribution is 5.94. The van der Waals surface area contributed by atoms with Crippen LogP contribution in [0.1, 0.15) is 34.8 Å². The zero-order chi connectivity index (χ0) is 12.7. The fourth-order valence-corrected chi connectivity index (χ4v) is 1.77. The topological polar surface area (TPSA) is 41.1 Å². The minimum absolute atomic E-state index is 0. The Morgan fingerprint density at radius 3 is 2.22 bits per heavy atom. The number of benzene rings is 1. The Labute approximate surface area is 116 Å². The molecule has 0 radical (unpaired) electrons. The van der Waals surface area contributed by atoms with Gasteiger partial charge in [0.05, 0.1) is 0 Å². The first-order valence-corrected chi connectivity index (χ1v) is 6.20. The summed E-state index contributed by atoms with van der Waals surface area (Å²) in [6, 6.07) is 5.91. The molecule has 2 N–H and O–H groups in total. The summed E-state index contributed by atoms with van der Waals surface area (Å²) in [7, 11) is 0. The van der Waals surface area contributed by atoms with E-state index in [2.05, 4.69) is 23.6 Å². The summed E-state index contributed by atoms with van der Waals surface area (Å²) >= 11 is 0. The fourth-order valence-electron chi connectivity index (χ4n) is 1.77. The third-order valence-electron chi connectivity index (χ3n) is 2.50. The van der Waals surface area contributed by atoms with Crippen molar-refractivity contribution in [1.29, 1.82) is 0 Å². The molecule has 0 unspecified atom stereocenters. The molecule has 0 fully saturated rings. The van der Waals surface area contributed by atoms with E-state index in [1.165, 1.54) is 0 Å². The van der Waals surface area contributed by atoms with E-state index >= 15 is 0 Å². The molecule has 0 bridgehead atoms. The van der Waals surface area contributed by atoms with Crippen molar-refractivity contribution in [2.45, 2.75) is 27.2 Å². The molecule has 102 valence electrons. The van der Waals surface area contributed by atoms with Crippen LogP contribution < -0.4 is 10.6 Å². The Morgan fingerprint density at radius 1 is 1.06 bits per heavy atom. The third-order valence-corrected chi connectivity index (χ3v) is 2.50.